The van der Waals surface area contributed by atoms with Gasteiger partial charge < -0.3 is 9.80 Å². The van der Waals surface area contributed by atoms with E-state index in [4.69, 9.17) is 0 Å². The topological polar surface area (TPSA) is 54.3 Å². The van der Waals surface area contributed by atoms with Crippen LogP contribution in [0.1, 0.15) is 43.6 Å². The van der Waals surface area contributed by atoms with Gasteiger partial charge in [-0.3, -0.25) is 4.79 Å². The third-order valence-corrected chi connectivity index (χ3v) is 5.05. The standard InChI is InChI=1S/C18H27N5O/c1-6-13-10-22(11-16(13)21(4)5)18(24)15-7-14-9-20-23(12(2)3)17(14)19-8-15/h7-9,12-13,16H,6,10-11H2,1-5H3. The number of likely N-dealkylation sites (tertiary alicyclic amines) is 1. The molecule has 3 heterocycles. The van der Waals surface area contributed by atoms with Gasteiger partial charge in [0.1, 0.15) is 0 Å². The Balaban J connectivity index is 1.84. The average molecular weight is 329 g/mol. The Kier molecular flexibility index (Phi) is 4.58. The summed E-state index contributed by atoms with van der Waals surface area (Å²) in [6.07, 6.45) is 4.57. The van der Waals surface area contributed by atoms with Crippen LogP contribution in [-0.4, -0.2) is 63.7 Å². The minimum absolute atomic E-state index is 0.0736. The molecule has 0 radical (unpaired) electrons. The largest absolute Gasteiger partial charge is 0.337 e. The van der Waals surface area contributed by atoms with Crippen LogP contribution < -0.4 is 0 Å². The Morgan fingerprint density at radius 1 is 1.33 bits per heavy atom. The molecule has 1 aliphatic rings. The van der Waals surface area contributed by atoms with Gasteiger partial charge in [-0.2, -0.15) is 5.10 Å². The van der Waals surface area contributed by atoms with Gasteiger partial charge in [0.25, 0.3) is 5.91 Å². The van der Waals surface area contributed by atoms with Gasteiger partial charge in [0.05, 0.1) is 11.8 Å². The molecule has 0 N–H and O–H groups in total. The Hall–Kier alpha value is -1.95. The highest BCUT2D eigenvalue weighted by Gasteiger charge is 2.35. The SMILES string of the molecule is CCC1CN(C(=O)c2cnc3c(cnn3C(C)C)c2)CC1N(C)C. The van der Waals surface area contributed by atoms with Crippen LogP contribution in [0.15, 0.2) is 18.5 Å². The molecule has 0 spiro atoms. The highest BCUT2D eigenvalue weighted by molar-refractivity contribution is 5.97. The molecule has 2 aromatic heterocycles. The lowest BCUT2D eigenvalue weighted by Crippen LogP contribution is -2.36. The maximum absolute atomic E-state index is 12.9. The van der Waals surface area contributed by atoms with Crippen LogP contribution in [0, 0.1) is 5.92 Å². The smallest absolute Gasteiger partial charge is 0.255 e. The Labute approximate surface area is 143 Å². The highest BCUT2D eigenvalue weighted by Crippen LogP contribution is 2.25. The van der Waals surface area contributed by atoms with Crippen LogP contribution in [0.5, 0.6) is 0 Å². The van der Waals surface area contributed by atoms with E-state index in [1.54, 1.807) is 12.4 Å². The number of hydrogen-bond donors (Lipinski definition) is 0. The average Bonchev–Trinajstić information content (AvgIpc) is 3.17. The number of carbonyl (C=O) groups is 1. The van der Waals surface area contributed by atoms with E-state index >= 15 is 0 Å². The van der Waals surface area contributed by atoms with Crippen LogP contribution in [0.2, 0.25) is 0 Å². The van der Waals surface area contributed by atoms with Gasteiger partial charge in [0.15, 0.2) is 5.65 Å². The van der Waals surface area contributed by atoms with Crippen LogP contribution in [0.3, 0.4) is 0 Å². The molecule has 0 saturated carbocycles. The van der Waals surface area contributed by atoms with E-state index in [0.29, 0.717) is 17.5 Å². The number of carbonyl (C=O) groups excluding carboxylic acids is 1. The lowest BCUT2D eigenvalue weighted by Gasteiger charge is -2.23. The fourth-order valence-corrected chi connectivity index (χ4v) is 3.62. The van der Waals surface area contributed by atoms with Crippen LogP contribution in [0.25, 0.3) is 11.0 Å². The summed E-state index contributed by atoms with van der Waals surface area (Å²) in [7, 11) is 4.18. The minimum atomic E-state index is 0.0736. The Morgan fingerprint density at radius 2 is 2.08 bits per heavy atom. The molecule has 0 aliphatic carbocycles. The van der Waals surface area contributed by atoms with Crippen molar-refractivity contribution in [3.63, 3.8) is 0 Å². The number of pyridine rings is 1. The highest BCUT2D eigenvalue weighted by atomic mass is 16.2. The van der Waals surface area contributed by atoms with Crippen molar-refractivity contribution < 1.29 is 4.79 Å². The summed E-state index contributed by atoms with van der Waals surface area (Å²) in [5.41, 5.74) is 1.49. The van der Waals surface area contributed by atoms with Gasteiger partial charge in [-0.25, -0.2) is 9.67 Å². The zero-order chi connectivity index (χ0) is 17.4. The van der Waals surface area contributed by atoms with Crippen molar-refractivity contribution in [1.29, 1.82) is 0 Å². The van der Waals surface area contributed by atoms with Crippen molar-refractivity contribution >= 4 is 16.9 Å². The maximum Gasteiger partial charge on any atom is 0.255 e. The molecule has 6 nitrogen and oxygen atoms in total. The van der Waals surface area contributed by atoms with Crippen LogP contribution >= 0.6 is 0 Å². The van der Waals surface area contributed by atoms with Crippen molar-refractivity contribution in [2.45, 2.75) is 39.3 Å². The maximum atomic E-state index is 12.9. The molecule has 1 saturated heterocycles. The molecule has 2 atom stereocenters. The normalized spacial score (nSPS) is 21.4. The van der Waals surface area contributed by atoms with E-state index < -0.39 is 0 Å². The van der Waals surface area contributed by atoms with Gasteiger partial charge in [0, 0.05) is 36.8 Å². The molecule has 2 unspecified atom stereocenters. The second-order valence-corrected chi connectivity index (χ2v) is 7.23. The monoisotopic (exact) mass is 329 g/mol. The second kappa shape index (κ2) is 6.51. The molecule has 1 fully saturated rings. The van der Waals surface area contributed by atoms with Crippen LogP contribution in [-0.2, 0) is 0 Å². The molecule has 0 bridgehead atoms. The van der Waals surface area contributed by atoms with Crippen molar-refractivity contribution in [3.05, 3.63) is 24.0 Å². The molecule has 3 rings (SSSR count). The third-order valence-electron chi connectivity index (χ3n) is 5.05. The molecule has 1 aliphatic heterocycles. The molecular weight excluding hydrogens is 302 g/mol. The van der Waals surface area contributed by atoms with E-state index in [1.807, 2.05) is 15.6 Å². The van der Waals surface area contributed by atoms with Crippen LogP contribution in [0.4, 0.5) is 0 Å². The third kappa shape index (κ3) is 2.90. The number of nitrogens with zero attached hydrogens (tertiary/aromatic N) is 5. The molecule has 130 valence electrons. The fourth-order valence-electron chi connectivity index (χ4n) is 3.62. The van der Waals surface area contributed by atoms with Crippen molar-refractivity contribution in [2.75, 3.05) is 27.2 Å². The summed E-state index contributed by atoms with van der Waals surface area (Å²) in [5.74, 6) is 0.605. The molecule has 24 heavy (non-hydrogen) atoms. The zero-order valence-electron chi connectivity index (χ0n) is 15.2. The first kappa shape index (κ1) is 16.9. The number of fused-ring (bicyclic) bond motifs is 1. The van der Waals surface area contributed by atoms with Gasteiger partial charge >= 0.3 is 0 Å². The first-order chi connectivity index (χ1) is 11.4. The van der Waals surface area contributed by atoms with Crippen molar-refractivity contribution in [3.8, 4) is 0 Å². The summed E-state index contributed by atoms with van der Waals surface area (Å²) in [6, 6.07) is 2.60. The lowest BCUT2D eigenvalue weighted by atomic mass is 10.0. The summed E-state index contributed by atoms with van der Waals surface area (Å²) in [4.78, 5) is 21.6. The minimum Gasteiger partial charge on any atom is -0.337 e. The van der Waals surface area contributed by atoms with Gasteiger partial charge in [-0.15, -0.1) is 0 Å². The summed E-state index contributed by atoms with van der Waals surface area (Å²) < 4.78 is 1.88. The number of likely N-dealkylation sites (N-methyl/N-ethyl adjacent to an activating group) is 1. The lowest BCUT2D eigenvalue weighted by molar-refractivity contribution is 0.0781. The van der Waals surface area contributed by atoms with Gasteiger partial charge in [-0.05, 0) is 39.9 Å². The van der Waals surface area contributed by atoms with Crippen molar-refractivity contribution in [2.24, 2.45) is 5.92 Å². The molecule has 1 amide bonds. The molecule has 0 aromatic carbocycles. The van der Waals surface area contributed by atoms with E-state index in [-0.39, 0.29) is 11.9 Å². The van der Waals surface area contributed by atoms with Gasteiger partial charge in [-0.1, -0.05) is 13.3 Å². The quantitative estimate of drug-likeness (QED) is 0.864. The van der Waals surface area contributed by atoms with E-state index in [2.05, 4.69) is 49.8 Å². The number of rotatable bonds is 4. The Morgan fingerprint density at radius 3 is 2.67 bits per heavy atom. The predicted molar refractivity (Wildman–Crippen MR) is 95.1 cm³/mol. The second-order valence-electron chi connectivity index (χ2n) is 7.23. The zero-order valence-corrected chi connectivity index (χ0v) is 15.2. The van der Waals surface area contributed by atoms with Crippen molar-refractivity contribution in [1.82, 2.24) is 24.6 Å². The number of aromatic nitrogens is 3. The van der Waals surface area contributed by atoms with Gasteiger partial charge in [0.2, 0.25) is 0 Å². The summed E-state index contributed by atoms with van der Waals surface area (Å²) in [5, 5.41) is 5.30. The molecular formula is C18H27N5O. The summed E-state index contributed by atoms with van der Waals surface area (Å²) in [6.45, 7) is 7.95. The van der Waals surface area contributed by atoms with E-state index in [1.165, 1.54) is 0 Å². The molecule has 2 aromatic rings. The number of amides is 1. The number of hydrogen-bond acceptors (Lipinski definition) is 4. The Bertz CT molecular complexity index is 736. The molecule has 6 heteroatoms. The summed E-state index contributed by atoms with van der Waals surface area (Å²) >= 11 is 0. The van der Waals surface area contributed by atoms with E-state index in [9.17, 15) is 4.79 Å². The van der Waals surface area contributed by atoms with E-state index in [0.717, 1.165) is 30.5 Å². The fraction of sp³-hybridized carbons (Fsp3) is 0.611. The first-order valence-corrected chi connectivity index (χ1v) is 8.71. The first-order valence-electron chi connectivity index (χ1n) is 8.71. The predicted octanol–water partition coefficient (Wildman–Crippen LogP) is 2.42.